The minimum Gasteiger partial charge on any atom is -0.354 e. The van der Waals surface area contributed by atoms with Crippen LogP contribution in [0.25, 0.3) is 0 Å². The van der Waals surface area contributed by atoms with Gasteiger partial charge < -0.3 is 10.2 Å². The van der Waals surface area contributed by atoms with Crippen molar-refractivity contribution in [2.24, 2.45) is 0 Å². The SMILES string of the molecule is CC(C)c1cc(C(=O)N2CCC(NC=O)C2)n[nH]1.CCCC. The van der Waals surface area contributed by atoms with Crippen LogP contribution in [0.3, 0.4) is 0 Å². The summed E-state index contributed by atoms with van der Waals surface area (Å²) in [5, 5.41) is 9.63. The number of carbonyl (C=O) groups is 2. The van der Waals surface area contributed by atoms with Crippen LogP contribution in [-0.2, 0) is 4.79 Å². The number of aromatic nitrogens is 2. The predicted molar refractivity (Wildman–Crippen MR) is 86.8 cm³/mol. The van der Waals surface area contributed by atoms with Crippen molar-refractivity contribution in [2.75, 3.05) is 13.1 Å². The number of hydrogen-bond donors (Lipinski definition) is 2. The van der Waals surface area contributed by atoms with Crippen LogP contribution < -0.4 is 5.32 Å². The lowest BCUT2D eigenvalue weighted by molar-refractivity contribution is -0.110. The molecule has 1 aliphatic heterocycles. The summed E-state index contributed by atoms with van der Waals surface area (Å²) >= 11 is 0. The van der Waals surface area contributed by atoms with E-state index in [1.54, 1.807) is 11.0 Å². The number of nitrogens with zero attached hydrogens (tertiary/aromatic N) is 2. The summed E-state index contributed by atoms with van der Waals surface area (Å²) in [6.45, 7) is 9.67. The molecule has 0 spiro atoms. The van der Waals surface area contributed by atoms with E-state index in [1.807, 2.05) is 13.8 Å². The number of H-pyrrole nitrogens is 1. The van der Waals surface area contributed by atoms with Crippen molar-refractivity contribution in [3.05, 3.63) is 17.5 Å². The first-order valence-electron chi connectivity index (χ1n) is 8.07. The quantitative estimate of drug-likeness (QED) is 0.819. The Balaban J connectivity index is 0.000000541. The Bertz CT molecular complexity index is 468. The molecule has 6 heteroatoms. The van der Waals surface area contributed by atoms with Crippen molar-refractivity contribution in [1.82, 2.24) is 20.4 Å². The van der Waals surface area contributed by atoms with Gasteiger partial charge in [-0.15, -0.1) is 0 Å². The summed E-state index contributed by atoms with van der Waals surface area (Å²) in [5.41, 5.74) is 1.41. The number of carbonyl (C=O) groups excluding carboxylic acids is 2. The zero-order valence-electron chi connectivity index (χ0n) is 14.1. The molecule has 1 unspecified atom stereocenters. The molecule has 0 aliphatic carbocycles. The lowest BCUT2D eigenvalue weighted by Crippen LogP contribution is -2.34. The van der Waals surface area contributed by atoms with Crippen LogP contribution in [0, 0.1) is 0 Å². The third-order valence-corrected chi connectivity index (χ3v) is 3.72. The van der Waals surface area contributed by atoms with Gasteiger partial charge >= 0.3 is 0 Å². The number of likely N-dealkylation sites (tertiary alicyclic amines) is 1. The van der Waals surface area contributed by atoms with E-state index in [-0.39, 0.29) is 11.9 Å². The fourth-order valence-corrected chi connectivity index (χ4v) is 2.08. The first-order valence-corrected chi connectivity index (χ1v) is 8.07. The van der Waals surface area contributed by atoms with Crippen molar-refractivity contribution < 1.29 is 9.59 Å². The Morgan fingerprint density at radius 2 is 2.18 bits per heavy atom. The summed E-state index contributed by atoms with van der Waals surface area (Å²) in [7, 11) is 0. The first kappa shape index (κ1) is 18.2. The van der Waals surface area contributed by atoms with Crippen molar-refractivity contribution in [2.45, 2.75) is 58.9 Å². The molecule has 1 aromatic heterocycles. The van der Waals surface area contributed by atoms with E-state index < -0.39 is 0 Å². The maximum atomic E-state index is 12.2. The normalized spacial score (nSPS) is 17.1. The number of rotatable bonds is 5. The van der Waals surface area contributed by atoms with Gasteiger partial charge in [-0.05, 0) is 18.4 Å². The topological polar surface area (TPSA) is 78.1 Å². The number of unbranched alkanes of at least 4 members (excludes halogenated alkanes) is 1. The monoisotopic (exact) mass is 308 g/mol. The van der Waals surface area contributed by atoms with E-state index >= 15 is 0 Å². The maximum Gasteiger partial charge on any atom is 0.274 e. The molecule has 0 radical (unpaired) electrons. The third-order valence-electron chi connectivity index (χ3n) is 3.72. The second kappa shape index (κ2) is 9.23. The molecule has 2 rings (SSSR count). The summed E-state index contributed by atoms with van der Waals surface area (Å²) < 4.78 is 0. The molecule has 1 fully saturated rings. The highest BCUT2D eigenvalue weighted by atomic mass is 16.2. The van der Waals surface area contributed by atoms with Crippen LogP contribution in [-0.4, -0.2) is 46.5 Å². The molecule has 1 aliphatic rings. The third kappa shape index (κ3) is 5.16. The standard InChI is InChI=1S/C12H18N4O2.C4H10/c1-8(2)10-5-11(15-14-10)12(18)16-4-3-9(6-16)13-7-17;1-3-4-2/h5,7-9H,3-4,6H2,1-2H3,(H,13,17)(H,14,15);3-4H2,1-2H3. The zero-order chi connectivity index (χ0) is 16.5. The molecule has 0 bridgehead atoms. The zero-order valence-corrected chi connectivity index (χ0v) is 14.1. The van der Waals surface area contributed by atoms with Gasteiger partial charge in [-0.2, -0.15) is 5.10 Å². The molecule has 1 saturated heterocycles. The van der Waals surface area contributed by atoms with Gasteiger partial charge in [0.25, 0.3) is 5.91 Å². The van der Waals surface area contributed by atoms with E-state index in [0.29, 0.717) is 31.1 Å². The van der Waals surface area contributed by atoms with Crippen LogP contribution >= 0.6 is 0 Å². The van der Waals surface area contributed by atoms with Crippen LogP contribution in [0.5, 0.6) is 0 Å². The van der Waals surface area contributed by atoms with Crippen molar-refractivity contribution in [1.29, 1.82) is 0 Å². The Labute approximate surface area is 132 Å². The highest BCUT2D eigenvalue weighted by Gasteiger charge is 2.27. The first-order chi connectivity index (χ1) is 10.5. The van der Waals surface area contributed by atoms with E-state index in [9.17, 15) is 9.59 Å². The van der Waals surface area contributed by atoms with Crippen molar-refractivity contribution >= 4 is 12.3 Å². The fraction of sp³-hybridized carbons (Fsp3) is 0.688. The average Bonchev–Trinajstić information content (AvgIpc) is 3.16. The van der Waals surface area contributed by atoms with Gasteiger partial charge in [0.05, 0.1) is 0 Å². The number of nitrogens with one attached hydrogen (secondary N) is 2. The molecule has 1 aromatic rings. The molecular formula is C16H28N4O2. The molecule has 22 heavy (non-hydrogen) atoms. The molecule has 2 N–H and O–H groups in total. The minimum atomic E-state index is -0.0756. The molecule has 1 atom stereocenters. The van der Waals surface area contributed by atoms with Gasteiger partial charge in [-0.3, -0.25) is 14.7 Å². The molecule has 2 heterocycles. The lowest BCUT2D eigenvalue weighted by Gasteiger charge is -2.14. The molecular weight excluding hydrogens is 280 g/mol. The van der Waals surface area contributed by atoms with Crippen molar-refractivity contribution in [3.63, 3.8) is 0 Å². The lowest BCUT2D eigenvalue weighted by atomic mass is 10.1. The van der Waals surface area contributed by atoms with E-state index in [4.69, 9.17) is 0 Å². The highest BCUT2D eigenvalue weighted by molar-refractivity contribution is 5.92. The molecule has 0 saturated carbocycles. The van der Waals surface area contributed by atoms with E-state index in [0.717, 1.165) is 12.1 Å². The Morgan fingerprint density at radius 3 is 2.68 bits per heavy atom. The van der Waals surface area contributed by atoms with E-state index in [2.05, 4.69) is 29.4 Å². The van der Waals surface area contributed by atoms with Gasteiger partial charge in [0.15, 0.2) is 0 Å². The maximum absolute atomic E-state index is 12.2. The molecule has 124 valence electrons. The van der Waals surface area contributed by atoms with Crippen molar-refractivity contribution in [3.8, 4) is 0 Å². The van der Waals surface area contributed by atoms with Gasteiger partial charge in [0.1, 0.15) is 5.69 Å². The molecule has 0 aromatic carbocycles. The smallest absolute Gasteiger partial charge is 0.274 e. The van der Waals surface area contributed by atoms with Gasteiger partial charge in [0.2, 0.25) is 6.41 Å². The second-order valence-corrected chi connectivity index (χ2v) is 5.88. The van der Waals surface area contributed by atoms with Crippen LogP contribution in [0.2, 0.25) is 0 Å². The van der Waals surface area contributed by atoms with Crippen LogP contribution in [0.4, 0.5) is 0 Å². The van der Waals surface area contributed by atoms with Gasteiger partial charge in [-0.1, -0.05) is 40.5 Å². The van der Waals surface area contributed by atoms with Gasteiger partial charge in [0, 0.05) is 24.8 Å². The van der Waals surface area contributed by atoms with E-state index in [1.165, 1.54) is 12.8 Å². The minimum absolute atomic E-state index is 0.0648. The number of amides is 2. The Hall–Kier alpha value is -1.85. The summed E-state index contributed by atoms with van der Waals surface area (Å²) in [4.78, 5) is 24.2. The van der Waals surface area contributed by atoms with Gasteiger partial charge in [-0.25, -0.2) is 0 Å². The fourth-order valence-electron chi connectivity index (χ4n) is 2.08. The number of aromatic amines is 1. The van der Waals surface area contributed by atoms with Crippen LogP contribution in [0.15, 0.2) is 6.07 Å². The second-order valence-electron chi connectivity index (χ2n) is 5.88. The average molecular weight is 308 g/mol. The largest absolute Gasteiger partial charge is 0.354 e. The van der Waals surface area contributed by atoms with Crippen LogP contribution in [0.1, 0.15) is 69.1 Å². The Morgan fingerprint density at radius 1 is 1.50 bits per heavy atom. The summed E-state index contributed by atoms with van der Waals surface area (Å²) in [6, 6.07) is 1.86. The predicted octanol–water partition coefficient (Wildman–Crippen LogP) is 2.30. The molecule has 2 amide bonds. The Kier molecular flexibility index (Phi) is 7.63. The highest BCUT2D eigenvalue weighted by Crippen LogP contribution is 2.16. The molecule has 6 nitrogen and oxygen atoms in total. The number of hydrogen-bond acceptors (Lipinski definition) is 3. The summed E-state index contributed by atoms with van der Waals surface area (Å²) in [5.74, 6) is 0.246. The summed E-state index contributed by atoms with van der Waals surface area (Å²) in [6.07, 6.45) is 4.12.